The molecule has 1 aromatic carbocycles. The van der Waals surface area contributed by atoms with Gasteiger partial charge in [0.25, 0.3) is 0 Å². The molecule has 1 fully saturated rings. The first kappa shape index (κ1) is 24.7. The predicted molar refractivity (Wildman–Crippen MR) is 139 cm³/mol. The van der Waals surface area contributed by atoms with Crippen LogP contribution in [0.4, 0.5) is 29.0 Å². The summed E-state index contributed by atoms with van der Waals surface area (Å²) in [6.07, 6.45) is 1.81. The number of piperazine rings is 1. The average molecular weight is 518 g/mol. The highest BCUT2D eigenvalue weighted by Gasteiger charge is 2.21. The van der Waals surface area contributed by atoms with Gasteiger partial charge in [-0.05, 0) is 31.3 Å². The van der Waals surface area contributed by atoms with Gasteiger partial charge in [-0.25, -0.2) is 15.0 Å². The first-order chi connectivity index (χ1) is 16.8. The van der Waals surface area contributed by atoms with Gasteiger partial charge in [-0.2, -0.15) is 0 Å². The number of nitrogens with one attached hydrogen (secondary N) is 2. The van der Waals surface area contributed by atoms with Gasteiger partial charge in [-0.15, -0.1) is 0 Å². The Balaban J connectivity index is 1.48. The van der Waals surface area contributed by atoms with E-state index >= 15 is 0 Å². The summed E-state index contributed by atoms with van der Waals surface area (Å²) in [5.41, 5.74) is 7.83. The highest BCUT2D eigenvalue weighted by Crippen LogP contribution is 2.36. The molecule has 1 saturated heterocycles. The lowest BCUT2D eigenvalue weighted by Gasteiger charge is -2.34. The van der Waals surface area contributed by atoms with Crippen LogP contribution in [0.5, 0.6) is 0 Å². The van der Waals surface area contributed by atoms with Gasteiger partial charge in [0, 0.05) is 55.9 Å². The first-order valence-electron chi connectivity index (χ1n) is 11.0. The fourth-order valence-corrected chi connectivity index (χ4v) is 4.20. The fraction of sp³-hybridized carbons (Fsp3) is 0.318. The fourth-order valence-electron chi connectivity index (χ4n) is 3.70. The van der Waals surface area contributed by atoms with Crippen molar-refractivity contribution in [3.8, 4) is 11.3 Å². The number of likely N-dealkylation sites (N-methyl/N-ethyl adjacent to an activating group) is 1. The minimum absolute atomic E-state index is 0.139. The third-order valence-corrected chi connectivity index (χ3v) is 6.16. The summed E-state index contributed by atoms with van der Waals surface area (Å²) < 4.78 is 0. The van der Waals surface area contributed by atoms with Crippen LogP contribution in [0.3, 0.4) is 0 Å². The Morgan fingerprint density at radius 2 is 1.83 bits per heavy atom. The highest BCUT2D eigenvalue weighted by atomic mass is 35.5. The topological polar surface area (TPSA) is 138 Å². The quantitative estimate of drug-likeness (QED) is 0.230. The van der Waals surface area contributed by atoms with Gasteiger partial charge in [0.15, 0.2) is 0 Å². The maximum atomic E-state index is 10.9. The monoisotopic (exact) mass is 517 g/mol. The van der Waals surface area contributed by atoms with E-state index in [1.807, 2.05) is 12.3 Å². The summed E-state index contributed by atoms with van der Waals surface area (Å²) in [7, 11) is 2.10. The maximum absolute atomic E-state index is 10.9. The van der Waals surface area contributed by atoms with Crippen molar-refractivity contribution < 1.29 is 4.92 Å². The van der Waals surface area contributed by atoms with E-state index in [0.717, 1.165) is 43.1 Å². The van der Waals surface area contributed by atoms with Crippen LogP contribution in [0.2, 0.25) is 10.0 Å². The smallest absolute Gasteiger partial charge is 0.311 e. The van der Waals surface area contributed by atoms with Crippen molar-refractivity contribution in [2.45, 2.75) is 0 Å². The second-order valence-electron chi connectivity index (χ2n) is 8.05. The molecule has 0 atom stereocenters. The van der Waals surface area contributed by atoms with E-state index in [-0.39, 0.29) is 11.5 Å². The van der Waals surface area contributed by atoms with Gasteiger partial charge < -0.3 is 26.2 Å². The van der Waals surface area contributed by atoms with Gasteiger partial charge >= 0.3 is 5.69 Å². The average Bonchev–Trinajstić information content (AvgIpc) is 2.82. The Morgan fingerprint density at radius 1 is 1.09 bits per heavy atom. The summed E-state index contributed by atoms with van der Waals surface area (Å²) in [5, 5.41) is 18.2. The van der Waals surface area contributed by atoms with Gasteiger partial charge in [0.05, 0.1) is 21.8 Å². The first-order valence-corrected chi connectivity index (χ1v) is 11.7. The summed E-state index contributed by atoms with van der Waals surface area (Å²) in [4.78, 5) is 28.1. The molecule has 0 bridgehead atoms. The Kier molecular flexibility index (Phi) is 7.69. The molecule has 0 aliphatic carbocycles. The number of nitrogens with zero attached hydrogens (tertiary/aromatic N) is 6. The standard InChI is InChI=1S/C22H25Cl2N9O2/c1-31-8-10-32(11-9-31)18-13-28-22(30-20(18)15-3-2-14(23)12-16(15)24)27-7-6-26-19-5-4-17(33(34)35)21(25)29-19/h2-5,12-13H,6-11H2,1H3,(H3,25,26,29)(H,27,28,30). The normalized spacial score (nSPS) is 14.1. The van der Waals surface area contributed by atoms with Crippen molar-refractivity contribution in [3.63, 3.8) is 0 Å². The lowest BCUT2D eigenvalue weighted by atomic mass is 10.1. The molecular weight excluding hydrogens is 493 g/mol. The number of aromatic nitrogens is 3. The number of nitrogen functional groups attached to an aromatic ring is 1. The van der Waals surface area contributed by atoms with Crippen molar-refractivity contribution in [2.24, 2.45) is 0 Å². The molecule has 1 aliphatic rings. The second-order valence-corrected chi connectivity index (χ2v) is 8.90. The molecule has 1 aliphatic heterocycles. The molecule has 11 nitrogen and oxygen atoms in total. The third-order valence-electron chi connectivity index (χ3n) is 5.61. The highest BCUT2D eigenvalue weighted by molar-refractivity contribution is 6.36. The van der Waals surface area contributed by atoms with E-state index in [1.54, 1.807) is 12.1 Å². The SMILES string of the molecule is CN1CCN(c2cnc(NCCNc3ccc([N+](=O)[O-])c(N)n3)nc2-c2ccc(Cl)cc2Cl)CC1. The predicted octanol–water partition coefficient (Wildman–Crippen LogP) is 3.61. The largest absolute Gasteiger partial charge is 0.378 e. The molecule has 35 heavy (non-hydrogen) atoms. The molecule has 184 valence electrons. The van der Waals surface area contributed by atoms with E-state index in [0.29, 0.717) is 34.9 Å². The van der Waals surface area contributed by atoms with Crippen molar-refractivity contribution >= 4 is 52.2 Å². The van der Waals surface area contributed by atoms with Crippen LogP contribution in [-0.4, -0.2) is 71.1 Å². The number of anilines is 4. The molecule has 0 spiro atoms. The number of hydrogen-bond acceptors (Lipinski definition) is 10. The van der Waals surface area contributed by atoms with Crippen LogP contribution < -0.4 is 21.3 Å². The zero-order valence-corrected chi connectivity index (χ0v) is 20.6. The zero-order chi connectivity index (χ0) is 24.9. The molecule has 2 aromatic heterocycles. The second kappa shape index (κ2) is 10.9. The number of halogens is 2. The number of pyridine rings is 1. The van der Waals surface area contributed by atoms with Crippen LogP contribution >= 0.6 is 23.2 Å². The molecular formula is C22H25Cl2N9O2. The molecule has 4 N–H and O–H groups in total. The van der Waals surface area contributed by atoms with Crippen LogP contribution in [0.15, 0.2) is 36.5 Å². The van der Waals surface area contributed by atoms with Gasteiger partial charge in [0.2, 0.25) is 11.8 Å². The van der Waals surface area contributed by atoms with Gasteiger partial charge in [0.1, 0.15) is 11.5 Å². The van der Waals surface area contributed by atoms with Crippen LogP contribution in [0.1, 0.15) is 0 Å². The zero-order valence-electron chi connectivity index (χ0n) is 19.0. The van der Waals surface area contributed by atoms with E-state index < -0.39 is 4.92 Å². The number of benzene rings is 1. The molecule has 3 heterocycles. The number of rotatable bonds is 8. The Labute approximate surface area is 212 Å². The van der Waals surface area contributed by atoms with E-state index in [4.69, 9.17) is 33.9 Å². The van der Waals surface area contributed by atoms with Crippen molar-refractivity contribution in [1.29, 1.82) is 0 Å². The molecule has 3 aromatic rings. The summed E-state index contributed by atoms with van der Waals surface area (Å²) >= 11 is 12.6. The number of nitrogens with two attached hydrogens (primary N) is 1. The molecule has 13 heteroatoms. The van der Waals surface area contributed by atoms with E-state index in [1.165, 1.54) is 12.1 Å². The van der Waals surface area contributed by atoms with Crippen LogP contribution in [0.25, 0.3) is 11.3 Å². The van der Waals surface area contributed by atoms with Crippen molar-refractivity contribution in [2.75, 3.05) is 67.6 Å². The van der Waals surface area contributed by atoms with E-state index in [9.17, 15) is 10.1 Å². The Morgan fingerprint density at radius 3 is 2.51 bits per heavy atom. The number of nitro groups is 1. The van der Waals surface area contributed by atoms with Crippen molar-refractivity contribution in [3.05, 3.63) is 56.7 Å². The van der Waals surface area contributed by atoms with Crippen LogP contribution in [-0.2, 0) is 0 Å². The minimum atomic E-state index is -0.568. The molecule has 4 rings (SSSR count). The third kappa shape index (κ3) is 5.99. The summed E-state index contributed by atoms with van der Waals surface area (Å²) in [6, 6.07) is 8.19. The van der Waals surface area contributed by atoms with E-state index in [2.05, 4.69) is 37.4 Å². The summed E-state index contributed by atoms with van der Waals surface area (Å²) in [5.74, 6) is 0.747. The molecule has 0 saturated carbocycles. The minimum Gasteiger partial charge on any atom is -0.378 e. The summed E-state index contributed by atoms with van der Waals surface area (Å²) in [6.45, 7) is 4.55. The number of hydrogen-bond donors (Lipinski definition) is 3. The maximum Gasteiger partial charge on any atom is 0.311 e. The van der Waals surface area contributed by atoms with Crippen LogP contribution in [0, 0.1) is 10.1 Å². The Bertz CT molecular complexity index is 1220. The van der Waals surface area contributed by atoms with Gasteiger partial charge in [-0.3, -0.25) is 10.1 Å². The van der Waals surface area contributed by atoms with Crippen molar-refractivity contribution in [1.82, 2.24) is 19.9 Å². The lowest BCUT2D eigenvalue weighted by Crippen LogP contribution is -2.44. The Hall–Kier alpha value is -3.41. The lowest BCUT2D eigenvalue weighted by molar-refractivity contribution is -0.384. The molecule has 0 unspecified atom stereocenters. The molecule has 0 amide bonds. The molecule has 0 radical (unpaired) electrons. The van der Waals surface area contributed by atoms with Gasteiger partial charge in [-0.1, -0.05) is 23.2 Å².